The first-order valence-corrected chi connectivity index (χ1v) is 8.21. The lowest BCUT2D eigenvalue weighted by atomic mass is 10.1. The molecule has 3 N–H and O–H groups in total. The molecule has 6 nitrogen and oxygen atoms in total. The maximum Gasteiger partial charge on any atom is 0.341 e. The molecule has 1 aliphatic heterocycles. The molecule has 134 valence electrons. The third kappa shape index (κ3) is 2.86. The van der Waals surface area contributed by atoms with Gasteiger partial charge in [0.2, 0.25) is 5.43 Å². The van der Waals surface area contributed by atoms with Crippen molar-refractivity contribution in [2.24, 2.45) is 0 Å². The lowest BCUT2D eigenvalue weighted by Gasteiger charge is -2.32. The van der Waals surface area contributed by atoms with Gasteiger partial charge in [0.15, 0.2) is 5.82 Å². The van der Waals surface area contributed by atoms with Crippen LogP contribution in [0.2, 0.25) is 0 Å². The van der Waals surface area contributed by atoms with E-state index in [-0.39, 0.29) is 29.2 Å². The fourth-order valence-corrected chi connectivity index (χ4v) is 3.40. The minimum absolute atomic E-state index is 0.0592. The Balaban J connectivity index is 2.31. The molecule has 1 saturated heterocycles. The van der Waals surface area contributed by atoms with E-state index in [9.17, 15) is 14.0 Å². The average molecular weight is 352 g/mol. The maximum atomic E-state index is 15.2. The van der Waals surface area contributed by atoms with Crippen LogP contribution in [0.1, 0.15) is 24.2 Å². The van der Waals surface area contributed by atoms with Gasteiger partial charge in [0.05, 0.1) is 30.5 Å². The predicted molar refractivity (Wildman–Crippen MR) is 89.2 cm³/mol. The summed E-state index contributed by atoms with van der Waals surface area (Å²) < 4.78 is 31.2. The number of quaternary nitrogens is 1. The van der Waals surface area contributed by atoms with Gasteiger partial charge in [-0.15, -0.1) is 0 Å². The Kier molecular flexibility index (Phi) is 4.47. The molecular formula is C17H20F2N3O3+. The topological polar surface area (TPSA) is 79.2 Å². The highest BCUT2D eigenvalue weighted by molar-refractivity contribution is 5.93. The molecule has 25 heavy (non-hydrogen) atoms. The summed E-state index contributed by atoms with van der Waals surface area (Å²) >= 11 is 0. The van der Waals surface area contributed by atoms with Crippen LogP contribution in [0.3, 0.4) is 0 Å². The van der Waals surface area contributed by atoms with Crippen molar-refractivity contribution in [2.45, 2.75) is 26.4 Å². The van der Waals surface area contributed by atoms with Crippen LogP contribution < -0.4 is 15.6 Å². The molecule has 2 aromatic rings. The number of fused-ring (bicyclic) bond motifs is 1. The summed E-state index contributed by atoms with van der Waals surface area (Å²) in [5.41, 5.74) is -1.59. The van der Waals surface area contributed by atoms with Crippen molar-refractivity contribution < 1.29 is 24.0 Å². The second-order valence-corrected chi connectivity index (χ2v) is 6.33. The Labute approximate surface area is 142 Å². The number of pyridine rings is 1. The highest BCUT2D eigenvalue weighted by atomic mass is 19.1. The Morgan fingerprint density at radius 1 is 1.44 bits per heavy atom. The third-order valence-electron chi connectivity index (χ3n) is 4.59. The van der Waals surface area contributed by atoms with E-state index in [4.69, 9.17) is 5.11 Å². The number of aromatic carboxylic acids is 1. The molecule has 1 aliphatic rings. The quantitative estimate of drug-likeness (QED) is 0.855. The zero-order chi connectivity index (χ0) is 18.3. The third-order valence-corrected chi connectivity index (χ3v) is 4.59. The predicted octanol–water partition coefficient (Wildman–Crippen LogP) is 0.770. The number of anilines is 1. The fraction of sp³-hybridized carbons (Fsp3) is 0.412. The van der Waals surface area contributed by atoms with Crippen LogP contribution in [-0.2, 0) is 6.54 Å². The first-order valence-electron chi connectivity index (χ1n) is 8.21. The van der Waals surface area contributed by atoms with Gasteiger partial charge in [-0.3, -0.25) is 4.79 Å². The molecule has 1 aromatic carbocycles. The number of carboxylic acids is 1. The number of nitrogens with zero attached hydrogens (tertiary/aromatic N) is 2. The van der Waals surface area contributed by atoms with Gasteiger partial charge in [-0.25, -0.2) is 13.6 Å². The molecule has 1 aromatic heterocycles. The number of benzene rings is 1. The highest BCUT2D eigenvalue weighted by Crippen LogP contribution is 2.30. The van der Waals surface area contributed by atoms with Crippen molar-refractivity contribution in [2.75, 3.05) is 24.5 Å². The van der Waals surface area contributed by atoms with Crippen molar-refractivity contribution in [3.63, 3.8) is 0 Å². The molecule has 3 rings (SSSR count). The number of aromatic nitrogens is 1. The van der Waals surface area contributed by atoms with Crippen LogP contribution in [0, 0.1) is 11.6 Å². The van der Waals surface area contributed by atoms with E-state index in [0.29, 0.717) is 13.1 Å². The summed E-state index contributed by atoms with van der Waals surface area (Å²) in [6, 6.07) is 1.16. The zero-order valence-corrected chi connectivity index (χ0v) is 14.1. The van der Waals surface area contributed by atoms with E-state index < -0.39 is 28.6 Å². The molecule has 2 heterocycles. The summed E-state index contributed by atoms with van der Waals surface area (Å²) in [5, 5.41) is 11.0. The van der Waals surface area contributed by atoms with Crippen LogP contribution in [-0.4, -0.2) is 41.3 Å². The first kappa shape index (κ1) is 17.3. The van der Waals surface area contributed by atoms with Crippen molar-refractivity contribution in [1.82, 2.24) is 4.57 Å². The number of hydrogen-bond donors (Lipinski definition) is 2. The van der Waals surface area contributed by atoms with E-state index in [0.717, 1.165) is 18.8 Å². The monoisotopic (exact) mass is 352 g/mol. The summed E-state index contributed by atoms with van der Waals surface area (Å²) in [6.45, 7) is 5.64. The summed E-state index contributed by atoms with van der Waals surface area (Å²) in [6.07, 6.45) is 1.12. The van der Waals surface area contributed by atoms with E-state index in [1.54, 1.807) is 11.8 Å². The normalized spacial score (nSPS) is 17.9. The molecule has 1 fully saturated rings. The van der Waals surface area contributed by atoms with Gasteiger partial charge in [0.1, 0.15) is 23.1 Å². The molecule has 0 bridgehead atoms. The lowest BCUT2D eigenvalue weighted by molar-refractivity contribution is -0.687. The molecular weight excluding hydrogens is 332 g/mol. The van der Waals surface area contributed by atoms with Crippen molar-refractivity contribution in [1.29, 1.82) is 0 Å². The summed E-state index contributed by atoms with van der Waals surface area (Å²) in [7, 11) is 0. The van der Waals surface area contributed by atoms with Crippen LogP contribution in [0.15, 0.2) is 17.1 Å². The van der Waals surface area contributed by atoms with Gasteiger partial charge in [-0.1, -0.05) is 0 Å². The number of halogens is 2. The van der Waals surface area contributed by atoms with Gasteiger partial charge in [0.25, 0.3) is 0 Å². The Morgan fingerprint density at radius 2 is 2.16 bits per heavy atom. The lowest BCUT2D eigenvalue weighted by Crippen LogP contribution is -2.94. The van der Waals surface area contributed by atoms with Gasteiger partial charge in [0, 0.05) is 12.7 Å². The largest absolute Gasteiger partial charge is 0.477 e. The van der Waals surface area contributed by atoms with Crippen LogP contribution in [0.25, 0.3) is 10.9 Å². The number of carboxylic acid groups (broad SMARTS) is 1. The Hall–Kier alpha value is -2.48. The number of piperazine rings is 1. The van der Waals surface area contributed by atoms with E-state index in [1.807, 2.05) is 6.92 Å². The Morgan fingerprint density at radius 3 is 2.76 bits per heavy atom. The maximum absolute atomic E-state index is 15.2. The Bertz CT molecular complexity index is 910. The van der Waals surface area contributed by atoms with Crippen LogP contribution in [0.5, 0.6) is 0 Å². The molecule has 0 amide bonds. The van der Waals surface area contributed by atoms with E-state index in [1.165, 1.54) is 4.57 Å². The van der Waals surface area contributed by atoms with Crippen LogP contribution >= 0.6 is 0 Å². The zero-order valence-electron chi connectivity index (χ0n) is 14.1. The van der Waals surface area contributed by atoms with Crippen molar-refractivity contribution in [3.8, 4) is 0 Å². The van der Waals surface area contributed by atoms with E-state index >= 15 is 4.39 Å². The number of hydrogen-bond acceptors (Lipinski definition) is 3. The van der Waals surface area contributed by atoms with Crippen LogP contribution in [0.4, 0.5) is 14.5 Å². The fourth-order valence-electron chi connectivity index (χ4n) is 3.40. The highest BCUT2D eigenvalue weighted by Gasteiger charge is 2.28. The van der Waals surface area contributed by atoms with Crippen molar-refractivity contribution >= 4 is 22.6 Å². The molecule has 1 unspecified atom stereocenters. The summed E-state index contributed by atoms with van der Waals surface area (Å²) in [5.74, 6) is -3.08. The smallest absolute Gasteiger partial charge is 0.341 e. The molecule has 0 radical (unpaired) electrons. The molecule has 8 heteroatoms. The van der Waals surface area contributed by atoms with Gasteiger partial charge < -0.3 is 19.9 Å². The summed E-state index contributed by atoms with van der Waals surface area (Å²) in [4.78, 5) is 25.2. The first-order chi connectivity index (χ1) is 11.8. The van der Waals surface area contributed by atoms with Crippen molar-refractivity contribution in [3.05, 3.63) is 39.7 Å². The number of aryl methyl sites for hydroxylation is 1. The number of nitrogens with two attached hydrogens (primary N) is 1. The minimum atomic E-state index is -1.42. The number of rotatable bonds is 3. The molecule has 0 aliphatic carbocycles. The SMILES string of the molecule is CCn1cc(C(=O)O)c(=O)c2cc(F)c(N3CC[NH2+]C(C)C3)c(F)c21. The van der Waals surface area contributed by atoms with Gasteiger partial charge >= 0.3 is 5.97 Å². The second-order valence-electron chi connectivity index (χ2n) is 6.33. The standard InChI is InChI=1S/C17H19F2N3O3/c1-3-21-8-11(17(24)25)16(23)10-6-12(18)15(13(19)14(10)21)22-5-4-20-9(2)7-22/h6,8-9,20H,3-5,7H2,1-2H3,(H,24,25)/p+1. The minimum Gasteiger partial charge on any atom is -0.477 e. The van der Waals surface area contributed by atoms with Gasteiger partial charge in [-0.2, -0.15) is 0 Å². The average Bonchev–Trinajstić information content (AvgIpc) is 2.55. The molecule has 1 atom stereocenters. The molecule has 0 spiro atoms. The van der Waals surface area contributed by atoms with Gasteiger partial charge in [-0.05, 0) is 19.9 Å². The number of carbonyl (C=O) groups is 1. The molecule has 0 saturated carbocycles. The second kappa shape index (κ2) is 6.44. The van der Waals surface area contributed by atoms with E-state index in [2.05, 4.69) is 5.32 Å².